The standard InChI is InChI=1S/C12H13ClF3NO/c13-11-3-9(14)2-1-8(11)5-17-6-10(18)4-12(15,16)7-17/h1-3,10,18H,4-7H2. The van der Waals surface area contributed by atoms with Crippen LogP contribution >= 0.6 is 11.6 Å². The number of nitrogens with zero attached hydrogens (tertiary/aromatic N) is 1. The second kappa shape index (κ2) is 5.07. The molecule has 6 heteroatoms. The highest BCUT2D eigenvalue weighted by Gasteiger charge is 2.39. The second-order valence-corrected chi connectivity index (χ2v) is 5.03. The van der Waals surface area contributed by atoms with Crippen LogP contribution in [0.3, 0.4) is 0 Å². The Kier molecular flexibility index (Phi) is 3.84. The highest BCUT2D eigenvalue weighted by molar-refractivity contribution is 6.31. The smallest absolute Gasteiger partial charge is 0.263 e. The van der Waals surface area contributed by atoms with Gasteiger partial charge in [0, 0.05) is 24.5 Å². The van der Waals surface area contributed by atoms with E-state index in [1.807, 2.05) is 0 Å². The van der Waals surface area contributed by atoms with E-state index >= 15 is 0 Å². The fraction of sp³-hybridized carbons (Fsp3) is 0.500. The Morgan fingerprint density at radius 3 is 2.78 bits per heavy atom. The maximum atomic E-state index is 13.3. The van der Waals surface area contributed by atoms with Crippen LogP contribution in [0.25, 0.3) is 0 Å². The molecule has 1 aromatic rings. The monoisotopic (exact) mass is 279 g/mol. The average molecular weight is 280 g/mol. The number of β-amino-alcohol motifs (C(OH)–C–C–N with tert-alkyl or cyclic N) is 1. The number of likely N-dealkylation sites (tertiary alicyclic amines) is 1. The molecule has 0 spiro atoms. The Morgan fingerprint density at radius 1 is 1.44 bits per heavy atom. The van der Waals surface area contributed by atoms with Crippen molar-refractivity contribution in [2.24, 2.45) is 0 Å². The molecular weight excluding hydrogens is 267 g/mol. The lowest BCUT2D eigenvalue weighted by atomic mass is 10.0. The summed E-state index contributed by atoms with van der Waals surface area (Å²) in [6.07, 6.45) is -1.56. The number of aliphatic hydroxyl groups is 1. The van der Waals surface area contributed by atoms with Gasteiger partial charge in [0.25, 0.3) is 5.92 Å². The Morgan fingerprint density at radius 2 is 2.17 bits per heavy atom. The van der Waals surface area contributed by atoms with Crippen LogP contribution in [0.5, 0.6) is 0 Å². The first-order chi connectivity index (χ1) is 8.35. The zero-order chi connectivity index (χ0) is 13.3. The number of halogens is 4. The first kappa shape index (κ1) is 13.6. The molecule has 0 bridgehead atoms. The lowest BCUT2D eigenvalue weighted by Gasteiger charge is -2.35. The van der Waals surface area contributed by atoms with E-state index in [1.54, 1.807) is 0 Å². The van der Waals surface area contributed by atoms with Crippen LogP contribution in [0.2, 0.25) is 5.02 Å². The summed E-state index contributed by atoms with van der Waals surface area (Å²) in [5.41, 5.74) is 0.572. The molecule has 1 aliphatic heterocycles. The summed E-state index contributed by atoms with van der Waals surface area (Å²) in [6.45, 7) is -0.0766. The number of piperidine rings is 1. The van der Waals surface area contributed by atoms with Crippen LogP contribution in [0.1, 0.15) is 12.0 Å². The highest BCUT2D eigenvalue weighted by Crippen LogP contribution is 2.29. The van der Waals surface area contributed by atoms with Crippen molar-refractivity contribution in [3.8, 4) is 0 Å². The lowest BCUT2D eigenvalue weighted by Crippen LogP contribution is -2.48. The van der Waals surface area contributed by atoms with E-state index in [-0.39, 0.29) is 18.1 Å². The van der Waals surface area contributed by atoms with E-state index < -0.39 is 30.8 Å². The molecule has 0 radical (unpaired) electrons. The van der Waals surface area contributed by atoms with Gasteiger partial charge in [-0.05, 0) is 17.7 Å². The van der Waals surface area contributed by atoms with Gasteiger partial charge in [-0.15, -0.1) is 0 Å². The van der Waals surface area contributed by atoms with E-state index in [9.17, 15) is 18.3 Å². The predicted molar refractivity (Wildman–Crippen MR) is 62.3 cm³/mol. The van der Waals surface area contributed by atoms with Crippen LogP contribution < -0.4 is 0 Å². The fourth-order valence-electron chi connectivity index (χ4n) is 2.17. The third-order valence-electron chi connectivity index (χ3n) is 2.87. The first-order valence-corrected chi connectivity index (χ1v) is 5.96. The molecule has 1 aromatic carbocycles. The Balaban J connectivity index is 2.09. The molecule has 0 aromatic heterocycles. The number of benzene rings is 1. The van der Waals surface area contributed by atoms with Crippen molar-refractivity contribution < 1.29 is 18.3 Å². The third-order valence-corrected chi connectivity index (χ3v) is 3.22. The maximum absolute atomic E-state index is 13.3. The molecule has 18 heavy (non-hydrogen) atoms. The van der Waals surface area contributed by atoms with E-state index in [4.69, 9.17) is 11.6 Å². The van der Waals surface area contributed by atoms with Gasteiger partial charge in [0.2, 0.25) is 0 Å². The van der Waals surface area contributed by atoms with Gasteiger partial charge in [0.05, 0.1) is 12.6 Å². The van der Waals surface area contributed by atoms with Crippen molar-refractivity contribution in [1.29, 1.82) is 0 Å². The van der Waals surface area contributed by atoms with Crippen molar-refractivity contribution in [2.45, 2.75) is 25.0 Å². The van der Waals surface area contributed by atoms with Gasteiger partial charge in [-0.2, -0.15) is 0 Å². The van der Waals surface area contributed by atoms with Crippen molar-refractivity contribution >= 4 is 11.6 Å². The van der Waals surface area contributed by atoms with Gasteiger partial charge in [-0.1, -0.05) is 17.7 Å². The van der Waals surface area contributed by atoms with E-state index in [0.29, 0.717) is 5.56 Å². The molecule has 0 amide bonds. The minimum atomic E-state index is -2.90. The molecule has 1 aliphatic rings. The fourth-order valence-corrected chi connectivity index (χ4v) is 2.40. The number of aliphatic hydroxyl groups excluding tert-OH is 1. The molecule has 2 rings (SSSR count). The lowest BCUT2D eigenvalue weighted by molar-refractivity contribution is -0.109. The zero-order valence-corrected chi connectivity index (χ0v) is 10.3. The second-order valence-electron chi connectivity index (χ2n) is 4.62. The summed E-state index contributed by atoms with van der Waals surface area (Å²) in [5, 5.41) is 9.60. The van der Waals surface area contributed by atoms with Gasteiger partial charge >= 0.3 is 0 Å². The Hall–Kier alpha value is -0.780. The van der Waals surface area contributed by atoms with Gasteiger partial charge in [-0.3, -0.25) is 4.90 Å². The predicted octanol–water partition coefficient (Wildman–Crippen LogP) is 2.68. The minimum absolute atomic E-state index is 0.170. The number of hydrogen-bond donors (Lipinski definition) is 1. The molecule has 2 nitrogen and oxygen atoms in total. The van der Waals surface area contributed by atoms with Gasteiger partial charge in [0.1, 0.15) is 5.82 Å². The summed E-state index contributed by atoms with van der Waals surface area (Å²) < 4.78 is 39.4. The van der Waals surface area contributed by atoms with E-state index in [0.717, 1.165) is 6.07 Å². The molecule has 1 atom stereocenters. The summed E-state index contributed by atoms with van der Waals surface area (Å²) >= 11 is 5.84. The van der Waals surface area contributed by atoms with Crippen LogP contribution in [-0.4, -0.2) is 35.1 Å². The molecule has 0 saturated carbocycles. The summed E-state index contributed by atoms with van der Waals surface area (Å²) in [6, 6.07) is 3.85. The summed E-state index contributed by atoms with van der Waals surface area (Å²) in [7, 11) is 0. The molecule has 1 N–H and O–H groups in total. The zero-order valence-electron chi connectivity index (χ0n) is 9.54. The van der Waals surface area contributed by atoms with Gasteiger partial charge in [0.15, 0.2) is 0 Å². The van der Waals surface area contributed by atoms with Crippen molar-refractivity contribution in [3.05, 3.63) is 34.6 Å². The molecule has 1 saturated heterocycles. The molecule has 100 valence electrons. The van der Waals surface area contributed by atoms with Crippen LogP contribution in [0.15, 0.2) is 18.2 Å². The van der Waals surface area contributed by atoms with Crippen molar-refractivity contribution in [2.75, 3.05) is 13.1 Å². The SMILES string of the molecule is OC1CN(Cc2ccc(F)cc2Cl)CC(F)(F)C1. The maximum Gasteiger partial charge on any atom is 0.263 e. The van der Waals surface area contributed by atoms with Gasteiger partial charge in [-0.25, -0.2) is 13.2 Å². The van der Waals surface area contributed by atoms with Crippen molar-refractivity contribution in [3.63, 3.8) is 0 Å². The first-order valence-electron chi connectivity index (χ1n) is 5.58. The van der Waals surface area contributed by atoms with Crippen LogP contribution in [-0.2, 0) is 6.54 Å². The minimum Gasteiger partial charge on any atom is -0.392 e. The molecule has 1 heterocycles. The topological polar surface area (TPSA) is 23.5 Å². The molecule has 1 fully saturated rings. The largest absolute Gasteiger partial charge is 0.392 e. The number of hydrogen-bond acceptors (Lipinski definition) is 2. The molecular formula is C12H13ClF3NO. The number of alkyl halides is 2. The number of rotatable bonds is 2. The Bertz CT molecular complexity index is 441. The highest BCUT2D eigenvalue weighted by atomic mass is 35.5. The van der Waals surface area contributed by atoms with Crippen molar-refractivity contribution in [1.82, 2.24) is 4.90 Å². The summed E-state index contributed by atoms with van der Waals surface area (Å²) in [5.74, 6) is -3.36. The van der Waals surface area contributed by atoms with Crippen LogP contribution in [0, 0.1) is 5.82 Å². The Labute approximate surface area is 108 Å². The molecule has 1 unspecified atom stereocenters. The van der Waals surface area contributed by atoms with E-state index in [2.05, 4.69) is 0 Å². The van der Waals surface area contributed by atoms with Crippen LogP contribution in [0.4, 0.5) is 13.2 Å². The van der Waals surface area contributed by atoms with E-state index in [1.165, 1.54) is 17.0 Å². The molecule has 0 aliphatic carbocycles. The average Bonchev–Trinajstić information content (AvgIpc) is 2.19. The third kappa shape index (κ3) is 3.37. The van der Waals surface area contributed by atoms with Gasteiger partial charge < -0.3 is 5.11 Å². The normalized spacial score (nSPS) is 24.2. The summed E-state index contributed by atoms with van der Waals surface area (Å²) in [4.78, 5) is 1.42. The quantitative estimate of drug-likeness (QED) is 0.900.